The van der Waals surface area contributed by atoms with Crippen molar-refractivity contribution >= 4 is 11.9 Å². The zero-order chi connectivity index (χ0) is 17.5. The van der Waals surface area contributed by atoms with Crippen LogP contribution in [0.4, 0.5) is 0 Å². The quantitative estimate of drug-likeness (QED) is 0.776. The maximum absolute atomic E-state index is 12.2. The minimum absolute atomic E-state index is 0.0283. The Labute approximate surface area is 140 Å². The fraction of sp³-hybridized carbons (Fsp3) is 0.333. The average Bonchev–Trinajstić information content (AvgIpc) is 3.07. The van der Waals surface area contributed by atoms with Crippen LogP contribution in [-0.4, -0.2) is 30.6 Å². The number of hydrogen-bond donors (Lipinski definition) is 2. The molecule has 0 aliphatic carbocycles. The van der Waals surface area contributed by atoms with Crippen LogP contribution in [0.15, 0.2) is 41.0 Å². The second-order valence-corrected chi connectivity index (χ2v) is 5.37. The molecular weight excluding hydrogens is 310 g/mol. The number of carbonyl (C=O) groups excluding carboxylic acids is 1. The first-order chi connectivity index (χ1) is 11.6. The van der Waals surface area contributed by atoms with Crippen molar-refractivity contribution in [2.75, 3.05) is 13.7 Å². The summed E-state index contributed by atoms with van der Waals surface area (Å²) in [6, 6.07) is 8.84. The largest absolute Gasteiger partial charge is 0.496 e. The van der Waals surface area contributed by atoms with Crippen LogP contribution >= 0.6 is 0 Å². The van der Waals surface area contributed by atoms with E-state index >= 15 is 0 Å². The summed E-state index contributed by atoms with van der Waals surface area (Å²) in [6.07, 6.45) is 2.32. The van der Waals surface area contributed by atoms with Crippen molar-refractivity contribution in [1.29, 1.82) is 0 Å². The maximum atomic E-state index is 12.2. The predicted octanol–water partition coefficient (Wildman–Crippen LogP) is 2.52. The second-order valence-electron chi connectivity index (χ2n) is 5.37. The summed E-state index contributed by atoms with van der Waals surface area (Å²) in [4.78, 5) is 23.7. The minimum Gasteiger partial charge on any atom is -0.496 e. The van der Waals surface area contributed by atoms with Gasteiger partial charge in [0.1, 0.15) is 11.5 Å². The molecule has 1 heterocycles. The zero-order valence-electron chi connectivity index (χ0n) is 13.7. The molecule has 2 rings (SSSR count). The Bertz CT molecular complexity index is 707. The fourth-order valence-electron chi connectivity index (χ4n) is 2.51. The van der Waals surface area contributed by atoms with E-state index < -0.39 is 11.9 Å². The highest BCUT2D eigenvalue weighted by atomic mass is 16.5. The van der Waals surface area contributed by atoms with Gasteiger partial charge in [-0.2, -0.15) is 0 Å². The highest BCUT2D eigenvalue weighted by Crippen LogP contribution is 2.21. The Morgan fingerprint density at radius 2 is 2.04 bits per heavy atom. The molecule has 1 amide bonds. The molecular formula is C18H21NO5. The number of aliphatic carboxylic acids is 1. The van der Waals surface area contributed by atoms with Gasteiger partial charge in [-0.1, -0.05) is 25.1 Å². The van der Waals surface area contributed by atoms with Gasteiger partial charge in [-0.3, -0.25) is 9.59 Å². The van der Waals surface area contributed by atoms with Gasteiger partial charge >= 0.3 is 5.97 Å². The Hall–Kier alpha value is -2.76. The average molecular weight is 331 g/mol. The molecule has 1 aromatic carbocycles. The summed E-state index contributed by atoms with van der Waals surface area (Å²) < 4.78 is 10.5. The zero-order valence-corrected chi connectivity index (χ0v) is 13.7. The molecule has 1 atom stereocenters. The lowest BCUT2D eigenvalue weighted by molar-refractivity contribution is -0.141. The van der Waals surface area contributed by atoms with Crippen LogP contribution in [0.3, 0.4) is 0 Å². The van der Waals surface area contributed by atoms with E-state index in [0.29, 0.717) is 23.5 Å². The summed E-state index contributed by atoms with van der Waals surface area (Å²) in [6.45, 7) is 1.91. The van der Waals surface area contributed by atoms with E-state index in [9.17, 15) is 14.7 Å². The van der Waals surface area contributed by atoms with Crippen molar-refractivity contribution in [1.82, 2.24) is 5.32 Å². The molecule has 1 aromatic heterocycles. The number of benzene rings is 1. The Morgan fingerprint density at radius 3 is 2.71 bits per heavy atom. The van der Waals surface area contributed by atoms with Gasteiger partial charge in [0.25, 0.3) is 5.91 Å². The van der Waals surface area contributed by atoms with Crippen LogP contribution < -0.4 is 10.1 Å². The standard InChI is InChI=1S/C18H21NO5/c1-3-15-14(8-9-24-15)17(20)19-11-13(18(21)22)10-12-6-4-5-7-16(12)23-2/h4-9,13H,3,10-11H2,1-2H3,(H,19,20)(H,21,22). The molecule has 0 aliphatic heterocycles. The highest BCUT2D eigenvalue weighted by molar-refractivity contribution is 5.95. The van der Waals surface area contributed by atoms with E-state index in [4.69, 9.17) is 9.15 Å². The Kier molecular flexibility index (Phi) is 6.01. The summed E-state index contributed by atoms with van der Waals surface area (Å²) in [5.74, 6) is -0.819. The first-order valence-corrected chi connectivity index (χ1v) is 7.76. The van der Waals surface area contributed by atoms with Crippen LogP contribution in [0.2, 0.25) is 0 Å². The molecule has 128 valence electrons. The van der Waals surface area contributed by atoms with Crippen molar-refractivity contribution in [2.24, 2.45) is 5.92 Å². The number of para-hydroxylation sites is 1. The molecule has 6 heteroatoms. The number of rotatable bonds is 8. The van der Waals surface area contributed by atoms with Crippen LogP contribution in [0, 0.1) is 5.92 Å². The molecule has 0 saturated carbocycles. The minimum atomic E-state index is -0.968. The van der Waals surface area contributed by atoms with E-state index in [0.717, 1.165) is 5.56 Å². The van der Waals surface area contributed by atoms with Crippen LogP contribution in [-0.2, 0) is 17.6 Å². The Morgan fingerprint density at radius 1 is 1.29 bits per heavy atom. The molecule has 0 radical (unpaired) electrons. The lowest BCUT2D eigenvalue weighted by atomic mass is 9.98. The molecule has 0 spiro atoms. The molecule has 2 aromatic rings. The smallest absolute Gasteiger partial charge is 0.308 e. The molecule has 24 heavy (non-hydrogen) atoms. The number of aryl methyl sites for hydroxylation is 1. The lowest BCUT2D eigenvalue weighted by Crippen LogP contribution is -2.34. The van der Waals surface area contributed by atoms with Crippen molar-refractivity contribution in [3.63, 3.8) is 0 Å². The summed E-state index contributed by atoms with van der Waals surface area (Å²) in [7, 11) is 1.54. The summed E-state index contributed by atoms with van der Waals surface area (Å²) in [5.41, 5.74) is 1.23. The maximum Gasteiger partial charge on any atom is 0.308 e. The number of carboxylic acids is 1. The van der Waals surface area contributed by atoms with Crippen LogP contribution in [0.25, 0.3) is 0 Å². The van der Waals surface area contributed by atoms with Gasteiger partial charge in [0.2, 0.25) is 0 Å². The first kappa shape index (κ1) is 17.6. The molecule has 0 saturated heterocycles. The van der Waals surface area contributed by atoms with Crippen LogP contribution in [0.5, 0.6) is 5.75 Å². The van der Waals surface area contributed by atoms with Crippen molar-refractivity contribution in [3.8, 4) is 5.75 Å². The summed E-state index contributed by atoms with van der Waals surface area (Å²) in [5, 5.41) is 12.1. The predicted molar refractivity (Wildman–Crippen MR) is 88.2 cm³/mol. The van der Waals surface area contributed by atoms with Crippen molar-refractivity contribution in [3.05, 3.63) is 53.5 Å². The molecule has 0 bridgehead atoms. The number of amides is 1. The molecule has 2 N–H and O–H groups in total. The molecule has 6 nitrogen and oxygen atoms in total. The monoisotopic (exact) mass is 331 g/mol. The summed E-state index contributed by atoms with van der Waals surface area (Å²) >= 11 is 0. The third-order valence-corrected chi connectivity index (χ3v) is 3.83. The first-order valence-electron chi connectivity index (χ1n) is 7.76. The number of ether oxygens (including phenoxy) is 1. The number of hydrogen-bond acceptors (Lipinski definition) is 4. The SMILES string of the molecule is CCc1occc1C(=O)NCC(Cc1ccccc1OC)C(=O)O. The molecule has 1 unspecified atom stereocenters. The van der Waals surface area contributed by atoms with Crippen molar-refractivity contribution in [2.45, 2.75) is 19.8 Å². The van der Waals surface area contributed by atoms with E-state index in [1.54, 1.807) is 19.2 Å². The number of furan rings is 1. The molecule has 0 fully saturated rings. The third-order valence-electron chi connectivity index (χ3n) is 3.83. The highest BCUT2D eigenvalue weighted by Gasteiger charge is 2.22. The van der Waals surface area contributed by atoms with Gasteiger partial charge in [-0.25, -0.2) is 0 Å². The van der Waals surface area contributed by atoms with Crippen molar-refractivity contribution < 1.29 is 23.8 Å². The van der Waals surface area contributed by atoms with Gasteiger partial charge < -0.3 is 19.6 Å². The van der Waals surface area contributed by atoms with Gasteiger partial charge in [0, 0.05) is 13.0 Å². The van der Waals surface area contributed by atoms with E-state index in [1.807, 2.05) is 25.1 Å². The van der Waals surface area contributed by atoms with Gasteiger partial charge in [0.15, 0.2) is 0 Å². The van der Waals surface area contributed by atoms with Gasteiger partial charge in [-0.15, -0.1) is 0 Å². The fourth-order valence-corrected chi connectivity index (χ4v) is 2.51. The van der Waals surface area contributed by atoms with Crippen LogP contribution in [0.1, 0.15) is 28.6 Å². The van der Waals surface area contributed by atoms with E-state index in [1.165, 1.54) is 6.26 Å². The van der Waals surface area contributed by atoms with E-state index in [-0.39, 0.29) is 18.9 Å². The number of carboxylic acid groups (broad SMARTS) is 1. The lowest BCUT2D eigenvalue weighted by Gasteiger charge is -2.15. The Balaban J connectivity index is 2.04. The topological polar surface area (TPSA) is 88.8 Å². The second kappa shape index (κ2) is 8.19. The third kappa shape index (κ3) is 4.16. The number of nitrogens with one attached hydrogen (secondary N) is 1. The van der Waals surface area contributed by atoms with E-state index in [2.05, 4.69) is 5.32 Å². The number of carbonyl (C=O) groups is 2. The van der Waals surface area contributed by atoms with Gasteiger partial charge in [0.05, 0.1) is 24.9 Å². The van der Waals surface area contributed by atoms with Gasteiger partial charge in [-0.05, 0) is 24.1 Å². The normalized spacial score (nSPS) is 11.8. The molecule has 0 aliphatic rings. The number of methoxy groups -OCH3 is 1.